The standard InChI is InChI=1S/C34H43ClN2O5S/c1-4-7-10-31(38)28-14-11-25(28)20-37-21-34(17-8-9-23-18-26(35)13-15-29(23)34)22-42-32-16-12-24(19-30(32)37)33(39)36-43(40,41)27(5-2)6-3/h4-5,12-13,15-16,18-19,25,27-28,31,38H,1-2,6-11,14,17,20-22H2,3H3,(H,36,39)/t25-,27-,28+,31-,34-/m0/s1. The van der Waals surface area contributed by atoms with Crippen LogP contribution in [0.2, 0.25) is 5.02 Å². The van der Waals surface area contributed by atoms with Crippen molar-refractivity contribution in [3.8, 4) is 5.75 Å². The van der Waals surface area contributed by atoms with Crippen molar-refractivity contribution in [3.05, 3.63) is 83.4 Å². The average molecular weight is 627 g/mol. The summed E-state index contributed by atoms with van der Waals surface area (Å²) >= 11 is 6.39. The van der Waals surface area contributed by atoms with Gasteiger partial charge in [-0.25, -0.2) is 13.1 Å². The van der Waals surface area contributed by atoms with E-state index in [1.54, 1.807) is 25.1 Å². The largest absolute Gasteiger partial charge is 0.490 e. The summed E-state index contributed by atoms with van der Waals surface area (Å²) in [5, 5.41) is 10.8. The Kier molecular flexibility index (Phi) is 9.59. The van der Waals surface area contributed by atoms with E-state index in [-0.39, 0.29) is 28.9 Å². The zero-order valence-electron chi connectivity index (χ0n) is 24.9. The SMILES string of the molecule is C=CCC[C@H](O)[C@@H]1CC[C@H]1CN1C[C@@]2(CCCc3cc(Cl)ccc32)COc2ccc(C(=O)NS(=O)(=O)[C@@H](C=C)CC)cc21. The van der Waals surface area contributed by atoms with Gasteiger partial charge in [0.2, 0.25) is 10.0 Å². The number of halogens is 1. The number of allylic oxidation sites excluding steroid dienone is 1. The van der Waals surface area contributed by atoms with Crippen LogP contribution >= 0.6 is 11.6 Å². The van der Waals surface area contributed by atoms with Crippen molar-refractivity contribution in [2.75, 3.05) is 24.6 Å². The normalized spacial score (nSPS) is 24.4. The second kappa shape index (κ2) is 13.0. The molecular weight excluding hydrogens is 584 g/mol. The molecule has 5 rings (SSSR count). The third-order valence-electron chi connectivity index (χ3n) is 9.69. The number of nitrogens with zero attached hydrogens (tertiary/aromatic N) is 1. The van der Waals surface area contributed by atoms with E-state index < -0.39 is 21.2 Å². The molecule has 5 atom stereocenters. The molecule has 0 unspecified atom stereocenters. The number of rotatable bonds is 11. The molecule has 2 N–H and O–H groups in total. The van der Waals surface area contributed by atoms with E-state index in [0.717, 1.165) is 49.2 Å². The summed E-state index contributed by atoms with van der Waals surface area (Å²) in [5.74, 6) is 0.466. The summed E-state index contributed by atoms with van der Waals surface area (Å²) in [7, 11) is -3.92. The Bertz CT molecular complexity index is 1480. The van der Waals surface area contributed by atoms with Crippen LogP contribution in [0.25, 0.3) is 0 Å². The van der Waals surface area contributed by atoms with E-state index in [0.29, 0.717) is 38.3 Å². The zero-order chi connectivity index (χ0) is 30.8. The number of benzene rings is 2. The summed E-state index contributed by atoms with van der Waals surface area (Å²) in [5.41, 5.74) is 3.23. The number of ether oxygens (including phenoxy) is 1. The predicted molar refractivity (Wildman–Crippen MR) is 173 cm³/mol. The van der Waals surface area contributed by atoms with Gasteiger partial charge in [0.25, 0.3) is 5.91 Å². The van der Waals surface area contributed by atoms with Gasteiger partial charge in [0.15, 0.2) is 0 Å². The second-order valence-electron chi connectivity index (χ2n) is 12.4. The predicted octanol–water partition coefficient (Wildman–Crippen LogP) is 6.19. The molecule has 9 heteroatoms. The number of anilines is 1. The molecule has 1 heterocycles. The van der Waals surface area contributed by atoms with Crippen molar-refractivity contribution in [2.24, 2.45) is 11.8 Å². The Labute approximate surface area is 261 Å². The van der Waals surface area contributed by atoms with Gasteiger partial charge in [-0.05, 0) is 105 Å². The topological polar surface area (TPSA) is 95.9 Å². The molecule has 0 bridgehead atoms. The third kappa shape index (κ3) is 6.52. The molecule has 1 fully saturated rings. The quantitative estimate of drug-likeness (QED) is 0.289. The smallest absolute Gasteiger partial charge is 0.264 e. The molecular formula is C34H43ClN2O5S. The highest BCUT2D eigenvalue weighted by Gasteiger charge is 2.44. The van der Waals surface area contributed by atoms with Crippen molar-refractivity contribution in [1.82, 2.24) is 4.72 Å². The number of sulfonamides is 1. The maximum Gasteiger partial charge on any atom is 0.264 e. The molecule has 1 aliphatic heterocycles. The van der Waals surface area contributed by atoms with E-state index in [1.807, 2.05) is 12.1 Å². The first-order valence-corrected chi connectivity index (χ1v) is 17.3. The number of carbonyl (C=O) groups is 1. The number of aliphatic hydroxyl groups excluding tert-OH is 1. The van der Waals surface area contributed by atoms with Crippen molar-refractivity contribution in [1.29, 1.82) is 0 Å². The number of aryl methyl sites for hydroxylation is 1. The third-order valence-corrected chi connectivity index (χ3v) is 11.7. The van der Waals surface area contributed by atoms with Gasteiger partial charge >= 0.3 is 0 Å². The molecule has 0 aromatic heterocycles. The van der Waals surface area contributed by atoms with Crippen LogP contribution in [0.4, 0.5) is 5.69 Å². The van der Waals surface area contributed by atoms with Crippen LogP contribution in [0, 0.1) is 11.8 Å². The highest BCUT2D eigenvalue weighted by atomic mass is 35.5. The molecule has 43 heavy (non-hydrogen) atoms. The van der Waals surface area contributed by atoms with E-state index >= 15 is 0 Å². The average Bonchev–Trinajstić information content (AvgIpc) is 3.11. The van der Waals surface area contributed by atoms with Crippen molar-refractivity contribution in [2.45, 2.75) is 75.1 Å². The number of hydrogen-bond acceptors (Lipinski definition) is 6. The molecule has 0 saturated heterocycles. The van der Waals surface area contributed by atoms with Crippen LogP contribution < -0.4 is 14.4 Å². The fourth-order valence-electron chi connectivity index (χ4n) is 7.15. The van der Waals surface area contributed by atoms with Crippen LogP contribution in [0.3, 0.4) is 0 Å². The minimum atomic E-state index is -3.92. The van der Waals surface area contributed by atoms with Crippen LogP contribution in [0.5, 0.6) is 5.75 Å². The zero-order valence-corrected chi connectivity index (χ0v) is 26.5. The number of hydrogen-bond donors (Lipinski definition) is 2. The molecule has 1 amide bonds. The molecule has 2 aromatic rings. The molecule has 232 valence electrons. The lowest BCUT2D eigenvalue weighted by molar-refractivity contribution is 0.0112. The van der Waals surface area contributed by atoms with Crippen LogP contribution in [0.1, 0.15) is 73.4 Å². The Morgan fingerprint density at radius 2 is 2.07 bits per heavy atom. The van der Waals surface area contributed by atoms with Gasteiger partial charge < -0.3 is 14.7 Å². The van der Waals surface area contributed by atoms with Crippen molar-refractivity contribution < 1.29 is 23.1 Å². The first-order chi connectivity index (χ1) is 20.6. The summed E-state index contributed by atoms with van der Waals surface area (Å²) in [6.45, 7) is 11.0. The van der Waals surface area contributed by atoms with Crippen molar-refractivity contribution in [3.63, 3.8) is 0 Å². The number of amides is 1. The van der Waals surface area contributed by atoms with Gasteiger partial charge in [0.05, 0.1) is 23.6 Å². The first kappa shape index (κ1) is 31.6. The number of aliphatic hydroxyl groups is 1. The fourth-order valence-corrected chi connectivity index (χ4v) is 8.56. The molecule has 7 nitrogen and oxygen atoms in total. The lowest BCUT2D eigenvalue weighted by Crippen LogP contribution is -2.49. The number of nitrogens with one attached hydrogen (secondary N) is 1. The summed E-state index contributed by atoms with van der Waals surface area (Å²) in [6, 6.07) is 11.3. The Morgan fingerprint density at radius 1 is 1.26 bits per heavy atom. The maximum absolute atomic E-state index is 13.3. The molecule has 2 aliphatic carbocycles. The summed E-state index contributed by atoms with van der Waals surface area (Å²) in [4.78, 5) is 15.6. The van der Waals surface area contributed by atoms with E-state index in [2.05, 4.69) is 34.9 Å². The monoisotopic (exact) mass is 626 g/mol. The van der Waals surface area contributed by atoms with Crippen molar-refractivity contribution >= 4 is 33.2 Å². The summed E-state index contributed by atoms with van der Waals surface area (Å²) in [6.07, 6.45) is 9.52. The minimum absolute atomic E-state index is 0.197. The fraction of sp³-hybridized carbons (Fsp3) is 0.500. The summed E-state index contributed by atoms with van der Waals surface area (Å²) < 4.78 is 34.4. The highest BCUT2D eigenvalue weighted by Crippen LogP contribution is 2.46. The molecule has 2 aromatic carbocycles. The minimum Gasteiger partial charge on any atom is -0.490 e. The molecule has 3 aliphatic rings. The van der Waals surface area contributed by atoms with Crippen LogP contribution in [-0.4, -0.2) is 50.5 Å². The first-order valence-electron chi connectivity index (χ1n) is 15.4. The maximum atomic E-state index is 13.3. The van der Waals surface area contributed by atoms with Gasteiger partial charge in [-0.3, -0.25) is 4.79 Å². The van der Waals surface area contributed by atoms with E-state index in [9.17, 15) is 18.3 Å². The van der Waals surface area contributed by atoms with Gasteiger partial charge in [-0.1, -0.05) is 36.7 Å². The van der Waals surface area contributed by atoms with Gasteiger partial charge in [0, 0.05) is 29.1 Å². The van der Waals surface area contributed by atoms with Crippen LogP contribution in [-0.2, 0) is 21.9 Å². The van der Waals surface area contributed by atoms with E-state index in [4.69, 9.17) is 16.3 Å². The molecule has 0 radical (unpaired) electrons. The Balaban J connectivity index is 1.49. The Morgan fingerprint density at radius 3 is 2.77 bits per heavy atom. The molecule has 1 saturated carbocycles. The molecule has 1 spiro atoms. The van der Waals surface area contributed by atoms with Gasteiger partial charge in [-0.2, -0.15) is 0 Å². The second-order valence-corrected chi connectivity index (χ2v) is 14.7. The lowest BCUT2D eigenvalue weighted by atomic mass is 9.68. The lowest BCUT2D eigenvalue weighted by Gasteiger charge is -2.45. The van der Waals surface area contributed by atoms with Gasteiger partial charge in [0.1, 0.15) is 5.75 Å². The van der Waals surface area contributed by atoms with E-state index in [1.165, 1.54) is 17.2 Å². The highest BCUT2D eigenvalue weighted by molar-refractivity contribution is 7.90. The Hall–Kier alpha value is -2.81. The number of fused-ring (bicyclic) bond motifs is 3. The van der Waals surface area contributed by atoms with Crippen LogP contribution in [0.15, 0.2) is 61.7 Å². The van der Waals surface area contributed by atoms with Gasteiger partial charge in [-0.15, -0.1) is 13.2 Å². The number of carbonyl (C=O) groups excluding carboxylic acids is 1.